The highest BCUT2D eigenvalue weighted by atomic mass is 16.6. The number of carboxylic acid groups (broad SMARTS) is 1. The van der Waals surface area contributed by atoms with Crippen molar-refractivity contribution in [2.45, 2.75) is 45.9 Å². The Labute approximate surface area is 174 Å². The van der Waals surface area contributed by atoms with Crippen LogP contribution in [0.25, 0.3) is 0 Å². The molecule has 30 heavy (non-hydrogen) atoms. The Morgan fingerprint density at radius 3 is 2.80 bits per heavy atom. The van der Waals surface area contributed by atoms with E-state index in [9.17, 15) is 19.5 Å². The Morgan fingerprint density at radius 1 is 1.47 bits per heavy atom. The summed E-state index contributed by atoms with van der Waals surface area (Å²) in [6.45, 7) is 8.19. The van der Waals surface area contributed by atoms with Crippen LogP contribution < -0.4 is 5.32 Å². The predicted molar refractivity (Wildman–Crippen MR) is 106 cm³/mol. The summed E-state index contributed by atoms with van der Waals surface area (Å²) < 4.78 is 10.8. The summed E-state index contributed by atoms with van der Waals surface area (Å²) in [6, 6.07) is 1.40. The Balaban J connectivity index is 1.99. The molecule has 162 valence electrons. The molecule has 0 spiro atoms. The topological polar surface area (TPSA) is 130 Å². The summed E-state index contributed by atoms with van der Waals surface area (Å²) in [5.74, 6) is -1.50. The second kappa shape index (κ2) is 8.39. The third kappa shape index (κ3) is 3.87. The lowest BCUT2D eigenvalue weighted by atomic mass is 9.89. The van der Waals surface area contributed by atoms with Crippen LogP contribution in [-0.2, 0) is 14.3 Å². The monoisotopic (exact) mass is 418 g/mol. The van der Waals surface area contributed by atoms with Gasteiger partial charge >= 0.3 is 12.1 Å². The maximum absolute atomic E-state index is 12.4. The van der Waals surface area contributed by atoms with Crippen LogP contribution in [0.1, 0.15) is 62.0 Å². The smallest absolute Gasteiger partial charge is 0.412 e. The minimum atomic E-state index is -1.23. The van der Waals surface area contributed by atoms with Gasteiger partial charge in [-0.2, -0.15) is 0 Å². The van der Waals surface area contributed by atoms with E-state index in [-0.39, 0.29) is 35.5 Å². The van der Waals surface area contributed by atoms with Crippen molar-refractivity contribution in [1.82, 2.24) is 15.2 Å². The number of aromatic carboxylic acids is 1. The Morgan fingerprint density at radius 2 is 2.20 bits per heavy atom. The fraction of sp³-hybridized carbons (Fsp3) is 0.550. The van der Waals surface area contributed by atoms with E-state index in [1.807, 2.05) is 13.8 Å². The van der Waals surface area contributed by atoms with Gasteiger partial charge in [0.1, 0.15) is 11.2 Å². The second-order valence-corrected chi connectivity index (χ2v) is 7.66. The maximum atomic E-state index is 12.4. The zero-order valence-electron chi connectivity index (χ0n) is 17.5. The molecule has 0 radical (unpaired) electrons. The van der Waals surface area contributed by atoms with Crippen LogP contribution in [0.15, 0.2) is 17.3 Å². The Bertz CT molecular complexity index is 899. The normalized spacial score (nSPS) is 23.9. The number of amidine groups is 1. The van der Waals surface area contributed by atoms with Crippen molar-refractivity contribution >= 4 is 23.8 Å². The minimum absolute atomic E-state index is 0.0578. The first-order chi connectivity index (χ1) is 14.2. The molecular weight excluding hydrogens is 392 g/mol. The van der Waals surface area contributed by atoms with Crippen LogP contribution in [0.4, 0.5) is 4.79 Å². The molecule has 2 aliphatic rings. The lowest BCUT2D eigenvalue weighted by molar-refractivity contribution is -0.124. The third-order valence-corrected chi connectivity index (χ3v) is 5.41. The highest BCUT2D eigenvalue weighted by Crippen LogP contribution is 2.30. The van der Waals surface area contributed by atoms with Crippen molar-refractivity contribution in [2.24, 2.45) is 10.9 Å². The van der Waals surface area contributed by atoms with Crippen LogP contribution in [0, 0.1) is 5.92 Å². The van der Waals surface area contributed by atoms with Crippen molar-refractivity contribution in [3.05, 3.63) is 29.1 Å². The van der Waals surface area contributed by atoms with Crippen molar-refractivity contribution in [3.63, 3.8) is 0 Å². The van der Waals surface area contributed by atoms with Gasteiger partial charge in [-0.05, 0) is 32.3 Å². The molecule has 1 aromatic rings. The summed E-state index contributed by atoms with van der Waals surface area (Å²) >= 11 is 0. The molecule has 3 rings (SSSR count). The van der Waals surface area contributed by atoms with Gasteiger partial charge in [-0.25, -0.2) is 14.6 Å². The van der Waals surface area contributed by atoms with E-state index in [0.717, 1.165) is 0 Å². The van der Waals surface area contributed by atoms with Crippen molar-refractivity contribution < 1.29 is 29.0 Å². The van der Waals surface area contributed by atoms with Gasteiger partial charge in [0.2, 0.25) is 0 Å². The first kappa shape index (κ1) is 21.7. The molecule has 1 saturated heterocycles. The number of pyridine rings is 1. The molecule has 2 unspecified atom stereocenters. The molecule has 0 aromatic carbocycles. The summed E-state index contributed by atoms with van der Waals surface area (Å²) in [4.78, 5) is 46.8. The first-order valence-electron chi connectivity index (χ1n) is 9.89. The molecular formula is C20H26N4O6. The number of carbonyl (C=O) groups is 3. The largest absolute Gasteiger partial charge is 0.478 e. The van der Waals surface area contributed by atoms with E-state index in [0.29, 0.717) is 25.1 Å². The van der Waals surface area contributed by atoms with Gasteiger partial charge in [-0.15, -0.1) is 0 Å². The number of carbonyl (C=O) groups excluding carboxylic acids is 2. The van der Waals surface area contributed by atoms with Gasteiger partial charge in [0, 0.05) is 18.3 Å². The third-order valence-electron chi connectivity index (χ3n) is 5.41. The molecule has 1 fully saturated rings. The van der Waals surface area contributed by atoms with Crippen LogP contribution >= 0.6 is 0 Å². The summed E-state index contributed by atoms with van der Waals surface area (Å²) in [5, 5.41) is 12.4. The second-order valence-electron chi connectivity index (χ2n) is 7.66. The zero-order chi connectivity index (χ0) is 22.1. The van der Waals surface area contributed by atoms with Crippen LogP contribution in [0.5, 0.6) is 0 Å². The first-order valence-corrected chi connectivity index (χ1v) is 9.89. The van der Waals surface area contributed by atoms with Crippen LogP contribution in [0.3, 0.4) is 0 Å². The molecule has 2 amide bonds. The van der Waals surface area contributed by atoms with Gasteiger partial charge in [0.05, 0.1) is 18.8 Å². The molecule has 10 heteroatoms. The molecule has 10 nitrogen and oxygen atoms in total. The number of nitrogens with one attached hydrogen (secondary N) is 1. The number of hydrogen-bond donors (Lipinski definition) is 2. The number of amides is 2. The van der Waals surface area contributed by atoms with Crippen molar-refractivity contribution in [2.75, 3.05) is 19.8 Å². The molecule has 3 heterocycles. The van der Waals surface area contributed by atoms with E-state index in [1.165, 1.54) is 17.2 Å². The van der Waals surface area contributed by atoms with Gasteiger partial charge in [0.15, 0.2) is 12.1 Å². The summed E-state index contributed by atoms with van der Waals surface area (Å²) in [6.07, 6.45) is 0.731. The number of aliphatic imine (C=N–C) groups is 1. The zero-order valence-corrected chi connectivity index (χ0v) is 17.5. The quantitative estimate of drug-likeness (QED) is 0.747. The number of carboxylic acids is 1. The van der Waals surface area contributed by atoms with Crippen LogP contribution in [-0.4, -0.2) is 64.1 Å². The maximum Gasteiger partial charge on any atom is 0.412 e. The van der Waals surface area contributed by atoms with Gasteiger partial charge in [0.25, 0.3) is 5.91 Å². The fourth-order valence-electron chi connectivity index (χ4n) is 3.32. The van der Waals surface area contributed by atoms with Gasteiger partial charge < -0.3 is 19.9 Å². The fourth-order valence-corrected chi connectivity index (χ4v) is 3.32. The lowest BCUT2D eigenvalue weighted by Crippen LogP contribution is -2.42. The lowest BCUT2D eigenvalue weighted by Gasteiger charge is -2.34. The molecule has 2 aliphatic heterocycles. The number of ether oxygens (including phenoxy) is 2. The predicted octanol–water partition coefficient (Wildman–Crippen LogP) is 1.95. The average molecular weight is 418 g/mol. The number of hydrogen-bond acceptors (Lipinski definition) is 7. The van der Waals surface area contributed by atoms with Crippen molar-refractivity contribution in [3.8, 4) is 0 Å². The summed E-state index contributed by atoms with van der Waals surface area (Å²) in [7, 11) is 0. The molecule has 2 atom stereocenters. The van der Waals surface area contributed by atoms with Gasteiger partial charge in [-0.1, -0.05) is 13.8 Å². The van der Waals surface area contributed by atoms with E-state index < -0.39 is 23.8 Å². The van der Waals surface area contributed by atoms with Crippen LogP contribution in [0.2, 0.25) is 0 Å². The SMILES string of the molecule is CCOC(=O)N1CCCOC1c1cnc(C2=NC(C)(C(C)C)C(=O)N2)c(C(=O)O)c1. The summed E-state index contributed by atoms with van der Waals surface area (Å²) in [5.41, 5.74) is -0.681. The Hall–Kier alpha value is -3.01. The molecule has 0 aliphatic carbocycles. The highest BCUT2D eigenvalue weighted by Gasteiger charge is 2.43. The van der Waals surface area contributed by atoms with E-state index in [1.54, 1.807) is 13.8 Å². The molecule has 0 saturated carbocycles. The number of rotatable bonds is 5. The Kier molecular flexibility index (Phi) is 6.06. The molecule has 1 aromatic heterocycles. The average Bonchev–Trinajstić information content (AvgIpc) is 3.03. The van der Waals surface area contributed by atoms with E-state index in [4.69, 9.17) is 9.47 Å². The van der Waals surface area contributed by atoms with E-state index >= 15 is 0 Å². The molecule has 0 bridgehead atoms. The standard InChI is InChI=1S/C20H26N4O6/c1-5-29-19(28)24-7-6-8-30-16(24)12-9-13(17(25)26)14(21-10-12)15-22-18(27)20(4,23-15)11(2)3/h9-11,16H,5-8H2,1-4H3,(H,25,26)(H,22,23,27). The minimum Gasteiger partial charge on any atom is -0.478 e. The number of nitrogens with zero attached hydrogens (tertiary/aromatic N) is 3. The highest BCUT2D eigenvalue weighted by molar-refractivity contribution is 6.17. The van der Waals surface area contributed by atoms with Gasteiger partial charge in [-0.3, -0.25) is 14.7 Å². The van der Waals surface area contributed by atoms with E-state index in [2.05, 4.69) is 15.3 Å². The molecule has 2 N–H and O–H groups in total. The van der Waals surface area contributed by atoms with Crippen molar-refractivity contribution in [1.29, 1.82) is 0 Å². The number of aromatic nitrogens is 1.